The van der Waals surface area contributed by atoms with Gasteiger partial charge in [-0.25, -0.2) is 0 Å². The summed E-state index contributed by atoms with van der Waals surface area (Å²) in [6.45, 7) is 3.16. The maximum atomic E-state index is 12.0. The summed E-state index contributed by atoms with van der Waals surface area (Å²) < 4.78 is 0. The Morgan fingerprint density at radius 1 is 1.37 bits per heavy atom. The van der Waals surface area contributed by atoms with Gasteiger partial charge in [0.25, 0.3) is 5.69 Å². The van der Waals surface area contributed by atoms with Crippen molar-refractivity contribution < 1.29 is 9.72 Å². The van der Waals surface area contributed by atoms with Crippen LogP contribution in [0.4, 0.5) is 5.69 Å². The maximum Gasteiger partial charge on any atom is 0.269 e. The highest BCUT2D eigenvalue weighted by molar-refractivity contribution is 5.76. The Morgan fingerprint density at radius 3 is 2.79 bits per heavy atom. The molecule has 1 aliphatic heterocycles. The predicted molar refractivity (Wildman–Crippen MR) is 70.9 cm³/mol. The van der Waals surface area contributed by atoms with Gasteiger partial charge in [-0.1, -0.05) is 12.1 Å². The fourth-order valence-corrected chi connectivity index (χ4v) is 2.15. The van der Waals surface area contributed by atoms with Crippen molar-refractivity contribution in [2.24, 2.45) is 0 Å². The first-order chi connectivity index (χ1) is 9.16. The lowest BCUT2D eigenvalue weighted by molar-refractivity contribution is -0.384. The van der Waals surface area contributed by atoms with Gasteiger partial charge in [0.05, 0.1) is 4.92 Å². The van der Waals surface area contributed by atoms with E-state index in [1.807, 2.05) is 11.0 Å². The number of nitrogens with one attached hydrogen (secondary N) is 1. The molecule has 0 aromatic heterocycles. The van der Waals surface area contributed by atoms with Crippen LogP contribution in [0.25, 0.3) is 0 Å². The molecular weight excluding hydrogens is 246 g/mol. The Kier molecular flexibility index (Phi) is 4.46. The lowest BCUT2D eigenvalue weighted by atomic mass is 10.1. The van der Waals surface area contributed by atoms with Crippen molar-refractivity contribution >= 4 is 11.6 Å². The highest BCUT2D eigenvalue weighted by Crippen LogP contribution is 2.14. The van der Waals surface area contributed by atoms with E-state index in [1.165, 1.54) is 12.1 Å². The summed E-state index contributed by atoms with van der Waals surface area (Å²) in [5.41, 5.74) is 0.907. The lowest BCUT2D eigenvalue weighted by Crippen LogP contribution is -2.46. The second-order valence-corrected chi connectivity index (χ2v) is 4.56. The number of nitrogens with zero attached hydrogens (tertiary/aromatic N) is 2. The number of non-ortho nitro benzene ring substituents is 1. The van der Waals surface area contributed by atoms with Crippen molar-refractivity contribution in [1.82, 2.24) is 10.2 Å². The third-order valence-electron chi connectivity index (χ3n) is 3.22. The Labute approximate surface area is 111 Å². The van der Waals surface area contributed by atoms with Gasteiger partial charge >= 0.3 is 0 Å². The van der Waals surface area contributed by atoms with Gasteiger partial charge in [0, 0.05) is 44.7 Å². The SMILES string of the molecule is O=C(CCc1cccc([N+](=O)[O-])c1)N1CCNCC1. The summed E-state index contributed by atoms with van der Waals surface area (Å²) in [6, 6.07) is 6.47. The second kappa shape index (κ2) is 6.29. The van der Waals surface area contributed by atoms with E-state index in [2.05, 4.69) is 5.32 Å². The van der Waals surface area contributed by atoms with Gasteiger partial charge in [0.2, 0.25) is 5.91 Å². The number of nitro benzene ring substituents is 1. The molecule has 2 rings (SSSR count). The van der Waals surface area contributed by atoms with Crippen molar-refractivity contribution in [3.05, 3.63) is 39.9 Å². The monoisotopic (exact) mass is 263 g/mol. The zero-order valence-corrected chi connectivity index (χ0v) is 10.7. The fraction of sp³-hybridized carbons (Fsp3) is 0.462. The largest absolute Gasteiger partial charge is 0.340 e. The zero-order chi connectivity index (χ0) is 13.7. The number of amides is 1. The number of hydrogen-bond donors (Lipinski definition) is 1. The third kappa shape index (κ3) is 3.75. The molecule has 1 aliphatic rings. The summed E-state index contributed by atoms with van der Waals surface area (Å²) in [5.74, 6) is 0.119. The number of hydrogen-bond acceptors (Lipinski definition) is 4. The van der Waals surface area contributed by atoms with Gasteiger partial charge in [-0.05, 0) is 12.0 Å². The number of piperazine rings is 1. The van der Waals surface area contributed by atoms with Gasteiger partial charge < -0.3 is 10.2 Å². The molecule has 0 saturated carbocycles. The minimum Gasteiger partial charge on any atom is -0.340 e. The van der Waals surface area contributed by atoms with E-state index in [9.17, 15) is 14.9 Å². The molecule has 1 fully saturated rings. The van der Waals surface area contributed by atoms with Crippen LogP contribution in [0.5, 0.6) is 0 Å². The average Bonchev–Trinajstić information content (AvgIpc) is 2.46. The fourth-order valence-electron chi connectivity index (χ4n) is 2.15. The summed E-state index contributed by atoms with van der Waals surface area (Å²) in [4.78, 5) is 24.0. The van der Waals surface area contributed by atoms with Crippen LogP contribution in [0.15, 0.2) is 24.3 Å². The number of nitro groups is 1. The van der Waals surface area contributed by atoms with Crippen LogP contribution < -0.4 is 5.32 Å². The number of carbonyl (C=O) groups is 1. The van der Waals surface area contributed by atoms with Gasteiger partial charge in [-0.3, -0.25) is 14.9 Å². The van der Waals surface area contributed by atoms with Crippen LogP contribution in [0.3, 0.4) is 0 Å². The molecular formula is C13H17N3O3. The molecule has 1 N–H and O–H groups in total. The van der Waals surface area contributed by atoms with E-state index in [1.54, 1.807) is 6.07 Å². The van der Waals surface area contributed by atoms with Crippen molar-refractivity contribution in [3.8, 4) is 0 Å². The molecule has 1 heterocycles. The molecule has 0 radical (unpaired) electrons. The van der Waals surface area contributed by atoms with E-state index >= 15 is 0 Å². The smallest absolute Gasteiger partial charge is 0.269 e. The number of rotatable bonds is 4. The van der Waals surface area contributed by atoms with E-state index in [4.69, 9.17) is 0 Å². The van der Waals surface area contributed by atoms with Gasteiger partial charge in [-0.2, -0.15) is 0 Å². The molecule has 1 aromatic rings. The quantitative estimate of drug-likeness (QED) is 0.648. The number of carbonyl (C=O) groups excluding carboxylic acids is 1. The van der Waals surface area contributed by atoms with E-state index in [0.717, 1.165) is 31.7 Å². The molecule has 0 bridgehead atoms. The molecule has 1 amide bonds. The lowest BCUT2D eigenvalue weighted by Gasteiger charge is -2.27. The van der Waals surface area contributed by atoms with E-state index in [0.29, 0.717) is 12.8 Å². The summed E-state index contributed by atoms with van der Waals surface area (Å²) in [5, 5.41) is 13.9. The molecule has 6 heteroatoms. The minimum atomic E-state index is -0.415. The molecule has 0 aliphatic carbocycles. The summed E-state index contributed by atoms with van der Waals surface area (Å²) in [7, 11) is 0. The third-order valence-corrected chi connectivity index (χ3v) is 3.22. The van der Waals surface area contributed by atoms with Crippen molar-refractivity contribution in [1.29, 1.82) is 0 Å². The Morgan fingerprint density at radius 2 is 2.11 bits per heavy atom. The first-order valence-corrected chi connectivity index (χ1v) is 6.38. The summed E-state index contributed by atoms with van der Waals surface area (Å²) in [6.07, 6.45) is 0.950. The van der Waals surface area contributed by atoms with Crippen molar-refractivity contribution in [2.75, 3.05) is 26.2 Å². The molecule has 0 atom stereocenters. The molecule has 102 valence electrons. The van der Waals surface area contributed by atoms with Crippen LogP contribution in [0.1, 0.15) is 12.0 Å². The number of aryl methyl sites for hydroxylation is 1. The molecule has 6 nitrogen and oxygen atoms in total. The van der Waals surface area contributed by atoms with Crippen LogP contribution >= 0.6 is 0 Å². The van der Waals surface area contributed by atoms with Crippen LogP contribution in [-0.2, 0) is 11.2 Å². The van der Waals surface area contributed by atoms with Crippen LogP contribution in [-0.4, -0.2) is 41.9 Å². The molecule has 0 spiro atoms. The maximum absolute atomic E-state index is 12.0. The first kappa shape index (κ1) is 13.5. The topological polar surface area (TPSA) is 75.5 Å². The Balaban J connectivity index is 1.89. The van der Waals surface area contributed by atoms with Gasteiger partial charge in [-0.15, -0.1) is 0 Å². The Hall–Kier alpha value is -1.95. The second-order valence-electron chi connectivity index (χ2n) is 4.56. The predicted octanol–water partition coefficient (Wildman–Crippen LogP) is 0.959. The van der Waals surface area contributed by atoms with E-state index < -0.39 is 4.92 Å². The highest BCUT2D eigenvalue weighted by atomic mass is 16.6. The highest BCUT2D eigenvalue weighted by Gasteiger charge is 2.16. The van der Waals surface area contributed by atoms with Gasteiger partial charge in [0.1, 0.15) is 0 Å². The van der Waals surface area contributed by atoms with Crippen LogP contribution in [0, 0.1) is 10.1 Å². The standard InChI is InChI=1S/C13H17N3O3/c17-13(15-8-6-14-7-9-15)5-4-11-2-1-3-12(10-11)16(18)19/h1-3,10,14H,4-9H2. The minimum absolute atomic E-state index is 0.0760. The summed E-state index contributed by atoms with van der Waals surface area (Å²) >= 11 is 0. The zero-order valence-electron chi connectivity index (χ0n) is 10.7. The molecule has 1 aromatic carbocycles. The Bertz CT molecular complexity index is 470. The van der Waals surface area contributed by atoms with Crippen molar-refractivity contribution in [3.63, 3.8) is 0 Å². The van der Waals surface area contributed by atoms with Crippen molar-refractivity contribution in [2.45, 2.75) is 12.8 Å². The van der Waals surface area contributed by atoms with E-state index in [-0.39, 0.29) is 11.6 Å². The first-order valence-electron chi connectivity index (χ1n) is 6.38. The molecule has 0 unspecified atom stereocenters. The molecule has 1 saturated heterocycles. The van der Waals surface area contributed by atoms with Gasteiger partial charge in [0.15, 0.2) is 0 Å². The molecule has 19 heavy (non-hydrogen) atoms. The number of benzene rings is 1. The normalized spacial score (nSPS) is 15.3. The average molecular weight is 263 g/mol. The van der Waals surface area contributed by atoms with Crippen LogP contribution in [0.2, 0.25) is 0 Å².